The van der Waals surface area contributed by atoms with E-state index in [1.807, 2.05) is 16.8 Å². The minimum absolute atomic E-state index is 0.0815. The molecule has 2 aromatic heterocycles. The van der Waals surface area contributed by atoms with Crippen molar-refractivity contribution in [2.24, 2.45) is 0 Å². The summed E-state index contributed by atoms with van der Waals surface area (Å²) in [7, 11) is 0. The van der Waals surface area contributed by atoms with E-state index in [1.165, 1.54) is 12.1 Å². The molecule has 0 aliphatic carbocycles. The zero-order valence-electron chi connectivity index (χ0n) is 12.5. The number of fused-ring (bicyclic) bond motifs is 1. The quantitative estimate of drug-likeness (QED) is 0.805. The molecular weight excluding hydrogens is 295 g/mol. The zero-order valence-corrected chi connectivity index (χ0v) is 12.5. The Morgan fingerprint density at radius 2 is 2.04 bits per heavy atom. The molecule has 1 aromatic carbocycles. The van der Waals surface area contributed by atoms with Gasteiger partial charge in [0.05, 0.1) is 24.2 Å². The number of β-amino-alcohol motifs (C(OH)–C–C–N with tert-alkyl or cyclic N) is 1. The molecule has 23 heavy (non-hydrogen) atoms. The van der Waals surface area contributed by atoms with E-state index in [0.717, 1.165) is 16.9 Å². The van der Waals surface area contributed by atoms with Gasteiger partial charge in [0.25, 0.3) is 0 Å². The highest BCUT2D eigenvalue weighted by atomic mass is 19.1. The molecule has 118 valence electrons. The van der Waals surface area contributed by atoms with E-state index in [0.29, 0.717) is 19.5 Å². The molecule has 5 nitrogen and oxygen atoms in total. The maximum Gasteiger partial charge on any atom is 0.155 e. The van der Waals surface area contributed by atoms with E-state index >= 15 is 0 Å². The molecule has 1 N–H and O–H groups in total. The molecule has 2 atom stereocenters. The van der Waals surface area contributed by atoms with Crippen molar-refractivity contribution in [3.05, 3.63) is 66.1 Å². The third-order valence-corrected chi connectivity index (χ3v) is 4.40. The summed E-state index contributed by atoms with van der Waals surface area (Å²) in [5, 5.41) is 10.1. The molecule has 3 aromatic rings. The summed E-state index contributed by atoms with van der Waals surface area (Å²) in [6, 6.07) is 6.61. The molecule has 0 spiro atoms. The van der Waals surface area contributed by atoms with Crippen molar-refractivity contribution in [2.75, 3.05) is 6.54 Å². The highest BCUT2D eigenvalue weighted by molar-refractivity contribution is 5.37. The Bertz CT molecular complexity index is 817. The summed E-state index contributed by atoms with van der Waals surface area (Å²) >= 11 is 0. The number of benzene rings is 1. The second kappa shape index (κ2) is 5.72. The fourth-order valence-corrected chi connectivity index (χ4v) is 3.31. The van der Waals surface area contributed by atoms with Crippen LogP contribution >= 0.6 is 0 Å². The summed E-state index contributed by atoms with van der Waals surface area (Å²) in [6.07, 6.45) is 7.46. The van der Waals surface area contributed by atoms with Gasteiger partial charge in [-0.25, -0.2) is 9.37 Å². The standard InChI is InChI=1S/C17H17FN4O/c18-13-3-1-12(2-4-13)16-7-15(23)11-21(16)10-14-8-20-17-9-19-5-6-22(14)17/h1-6,8-9,15-16,23H,7,10-11H2/t15-,16-/m1/s1. The lowest BCUT2D eigenvalue weighted by molar-refractivity contribution is 0.172. The van der Waals surface area contributed by atoms with E-state index in [2.05, 4.69) is 14.9 Å². The van der Waals surface area contributed by atoms with Crippen LogP contribution in [0.1, 0.15) is 23.7 Å². The molecule has 1 aliphatic heterocycles. The SMILES string of the molecule is O[C@@H]1C[C@H](c2ccc(F)cc2)N(Cc2cnc3cnccn23)C1. The minimum atomic E-state index is -0.370. The predicted molar refractivity (Wildman–Crippen MR) is 83.2 cm³/mol. The first-order valence-electron chi connectivity index (χ1n) is 7.64. The Labute approximate surface area is 133 Å². The van der Waals surface area contributed by atoms with Gasteiger partial charge in [-0.1, -0.05) is 12.1 Å². The molecule has 0 amide bonds. The molecule has 1 aliphatic rings. The second-order valence-electron chi connectivity index (χ2n) is 5.94. The highest BCUT2D eigenvalue weighted by Gasteiger charge is 2.32. The Balaban J connectivity index is 1.62. The van der Waals surface area contributed by atoms with Gasteiger partial charge in [0.2, 0.25) is 0 Å². The Morgan fingerprint density at radius 1 is 1.22 bits per heavy atom. The smallest absolute Gasteiger partial charge is 0.155 e. The highest BCUT2D eigenvalue weighted by Crippen LogP contribution is 2.33. The van der Waals surface area contributed by atoms with E-state index in [1.54, 1.807) is 24.5 Å². The number of aliphatic hydroxyl groups is 1. The number of aliphatic hydroxyl groups excluding tert-OH is 1. The van der Waals surface area contributed by atoms with E-state index in [-0.39, 0.29) is 18.0 Å². The van der Waals surface area contributed by atoms with Crippen LogP contribution in [-0.4, -0.2) is 37.0 Å². The number of nitrogens with zero attached hydrogens (tertiary/aromatic N) is 4. The predicted octanol–water partition coefficient (Wildman–Crippen LogP) is 2.18. The maximum atomic E-state index is 13.1. The number of hydrogen-bond donors (Lipinski definition) is 1. The molecule has 6 heteroatoms. The third-order valence-electron chi connectivity index (χ3n) is 4.40. The van der Waals surface area contributed by atoms with Crippen LogP contribution in [0, 0.1) is 5.82 Å². The first kappa shape index (κ1) is 14.3. The van der Waals surface area contributed by atoms with Crippen LogP contribution in [0.2, 0.25) is 0 Å². The number of imidazole rings is 1. The summed E-state index contributed by atoms with van der Waals surface area (Å²) in [5.74, 6) is -0.242. The average molecular weight is 312 g/mol. The molecular formula is C17H17FN4O. The largest absolute Gasteiger partial charge is 0.392 e. The van der Waals surface area contributed by atoms with Crippen molar-refractivity contribution >= 4 is 5.65 Å². The van der Waals surface area contributed by atoms with Crippen molar-refractivity contribution < 1.29 is 9.50 Å². The fraction of sp³-hybridized carbons (Fsp3) is 0.294. The van der Waals surface area contributed by atoms with Crippen LogP contribution in [0.25, 0.3) is 5.65 Å². The normalized spacial score (nSPS) is 22.0. The van der Waals surface area contributed by atoms with Gasteiger partial charge in [0, 0.05) is 31.5 Å². The number of aromatic nitrogens is 3. The first-order chi connectivity index (χ1) is 11.2. The molecule has 4 rings (SSSR count). The summed E-state index contributed by atoms with van der Waals surface area (Å²) in [6.45, 7) is 1.27. The molecule has 1 saturated heterocycles. The molecule has 0 radical (unpaired) electrons. The van der Waals surface area contributed by atoms with E-state index < -0.39 is 0 Å². The lowest BCUT2D eigenvalue weighted by Gasteiger charge is -2.24. The molecule has 0 saturated carbocycles. The average Bonchev–Trinajstić information content (AvgIpc) is 3.13. The van der Waals surface area contributed by atoms with Gasteiger partial charge in [0.1, 0.15) is 5.82 Å². The second-order valence-corrected chi connectivity index (χ2v) is 5.94. The maximum absolute atomic E-state index is 13.1. The van der Waals surface area contributed by atoms with Crippen LogP contribution in [-0.2, 0) is 6.54 Å². The lowest BCUT2D eigenvalue weighted by atomic mass is 10.0. The Morgan fingerprint density at radius 3 is 2.87 bits per heavy atom. The number of likely N-dealkylation sites (tertiary alicyclic amines) is 1. The topological polar surface area (TPSA) is 53.7 Å². The molecule has 0 bridgehead atoms. The molecule has 1 fully saturated rings. The summed E-state index contributed by atoms with van der Waals surface area (Å²) < 4.78 is 15.1. The van der Waals surface area contributed by atoms with Crippen LogP contribution < -0.4 is 0 Å². The van der Waals surface area contributed by atoms with Crippen molar-refractivity contribution in [2.45, 2.75) is 25.1 Å². The van der Waals surface area contributed by atoms with Crippen LogP contribution in [0.4, 0.5) is 4.39 Å². The minimum Gasteiger partial charge on any atom is -0.392 e. The van der Waals surface area contributed by atoms with Gasteiger partial charge in [0.15, 0.2) is 5.65 Å². The van der Waals surface area contributed by atoms with Gasteiger partial charge in [-0.3, -0.25) is 14.3 Å². The Hall–Kier alpha value is -2.31. The monoisotopic (exact) mass is 312 g/mol. The number of hydrogen-bond acceptors (Lipinski definition) is 4. The Kier molecular flexibility index (Phi) is 3.55. The van der Waals surface area contributed by atoms with Crippen LogP contribution in [0.5, 0.6) is 0 Å². The fourth-order valence-electron chi connectivity index (χ4n) is 3.31. The van der Waals surface area contributed by atoms with Gasteiger partial charge >= 0.3 is 0 Å². The summed E-state index contributed by atoms with van der Waals surface area (Å²) in [5.41, 5.74) is 2.88. The zero-order chi connectivity index (χ0) is 15.8. The summed E-state index contributed by atoms with van der Waals surface area (Å²) in [4.78, 5) is 10.6. The lowest BCUT2D eigenvalue weighted by Crippen LogP contribution is -2.25. The van der Waals surface area contributed by atoms with Gasteiger partial charge in [-0.05, 0) is 24.1 Å². The molecule has 3 heterocycles. The van der Waals surface area contributed by atoms with Gasteiger partial charge in [-0.2, -0.15) is 0 Å². The number of rotatable bonds is 3. The third kappa shape index (κ3) is 2.71. The van der Waals surface area contributed by atoms with Crippen LogP contribution in [0.15, 0.2) is 49.1 Å². The van der Waals surface area contributed by atoms with Crippen LogP contribution in [0.3, 0.4) is 0 Å². The van der Waals surface area contributed by atoms with Gasteiger partial charge in [-0.15, -0.1) is 0 Å². The van der Waals surface area contributed by atoms with Gasteiger partial charge < -0.3 is 5.11 Å². The van der Waals surface area contributed by atoms with Crippen molar-refractivity contribution in [3.8, 4) is 0 Å². The van der Waals surface area contributed by atoms with Crippen molar-refractivity contribution in [3.63, 3.8) is 0 Å². The first-order valence-corrected chi connectivity index (χ1v) is 7.64. The van der Waals surface area contributed by atoms with E-state index in [4.69, 9.17) is 0 Å². The number of halogens is 1. The van der Waals surface area contributed by atoms with Crippen molar-refractivity contribution in [1.82, 2.24) is 19.3 Å². The van der Waals surface area contributed by atoms with Crippen molar-refractivity contribution in [1.29, 1.82) is 0 Å². The van der Waals surface area contributed by atoms with E-state index in [9.17, 15) is 9.50 Å². The molecule has 0 unspecified atom stereocenters.